The number of carbonyl (C=O) groups is 1. The van der Waals surface area contributed by atoms with Gasteiger partial charge < -0.3 is 5.32 Å². The van der Waals surface area contributed by atoms with Crippen molar-refractivity contribution in [3.05, 3.63) is 47.8 Å². The first-order chi connectivity index (χ1) is 10.3. The summed E-state index contributed by atoms with van der Waals surface area (Å²) >= 11 is 0.848. The molecule has 0 aliphatic carbocycles. The lowest BCUT2D eigenvalue weighted by molar-refractivity contribution is -0.141. The lowest BCUT2D eigenvalue weighted by Gasteiger charge is -2.07. The Morgan fingerprint density at radius 1 is 1.32 bits per heavy atom. The van der Waals surface area contributed by atoms with Gasteiger partial charge in [0.25, 0.3) is 0 Å². The molecule has 0 radical (unpaired) electrons. The fourth-order valence-electron chi connectivity index (χ4n) is 1.62. The van der Waals surface area contributed by atoms with Crippen LogP contribution in [0.3, 0.4) is 0 Å². The highest BCUT2D eigenvalue weighted by molar-refractivity contribution is 7.99. The van der Waals surface area contributed by atoms with E-state index >= 15 is 0 Å². The molecule has 0 saturated carbocycles. The first-order valence-electron chi connectivity index (χ1n) is 6.24. The van der Waals surface area contributed by atoms with Crippen molar-refractivity contribution in [3.63, 3.8) is 0 Å². The number of thioether (sulfide) groups is 1. The van der Waals surface area contributed by atoms with E-state index in [1.807, 2.05) is 13.0 Å². The average Bonchev–Trinajstić information content (AvgIpc) is 2.45. The Labute approximate surface area is 129 Å². The van der Waals surface area contributed by atoms with Crippen molar-refractivity contribution in [2.24, 2.45) is 0 Å². The number of aryl methyl sites for hydroxylation is 1. The molecule has 22 heavy (non-hydrogen) atoms. The van der Waals surface area contributed by atoms with Crippen LogP contribution in [0, 0.1) is 6.92 Å². The SMILES string of the molecule is Cc1cccc(NC(=O)CSc2nccc(C(F)(F)F)n2)c1. The number of hydrogen-bond donors (Lipinski definition) is 1. The summed E-state index contributed by atoms with van der Waals surface area (Å²) < 4.78 is 37.5. The van der Waals surface area contributed by atoms with Crippen molar-refractivity contribution in [2.75, 3.05) is 11.1 Å². The molecule has 1 N–H and O–H groups in total. The second kappa shape index (κ2) is 6.78. The molecule has 4 nitrogen and oxygen atoms in total. The quantitative estimate of drug-likeness (QED) is 0.689. The van der Waals surface area contributed by atoms with Crippen LogP contribution in [0.25, 0.3) is 0 Å². The molecular weight excluding hydrogens is 315 g/mol. The summed E-state index contributed by atoms with van der Waals surface area (Å²) in [6.07, 6.45) is -3.50. The van der Waals surface area contributed by atoms with Gasteiger partial charge in [0.1, 0.15) is 5.69 Å². The third kappa shape index (κ3) is 4.73. The number of nitrogens with one attached hydrogen (secondary N) is 1. The Bertz CT molecular complexity index is 676. The number of anilines is 1. The van der Waals surface area contributed by atoms with E-state index in [4.69, 9.17) is 0 Å². The molecule has 2 aromatic rings. The molecule has 0 atom stereocenters. The molecule has 1 aromatic carbocycles. The van der Waals surface area contributed by atoms with Gasteiger partial charge in [-0.05, 0) is 30.7 Å². The van der Waals surface area contributed by atoms with Gasteiger partial charge in [0.15, 0.2) is 5.16 Å². The number of rotatable bonds is 4. The number of halogens is 3. The zero-order valence-electron chi connectivity index (χ0n) is 11.5. The molecule has 0 unspecified atom stereocenters. The first kappa shape index (κ1) is 16.3. The summed E-state index contributed by atoms with van der Waals surface area (Å²) in [5.41, 5.74) is 0.603. The first-order valence-corrected chi connectivity index (χ1v) is 7.23. The molecule has 0 aliphatic heterocycles. The minimum atomic E-state index is -4.53. The fraction of sp³-hybridized carbons (Fsp3) is 0.214. The Hall–Kier alpha value is -2.09. The summed E-state index contributed by atoms with van der Waals surface area (Å²) in [5.74, 6) is -0.411. The predicted molar refractivity (Wildman–Crippen MR) is 77.6 cm³/mol. The standard InChI is InChI=1S/C14H12F3N3OS/c1-9-3-2-4-10(7-9)19-12(21)8-22-13-18-6-5-11(20-13)14(15,16)17/h2-7H,8H2,1H3,(H,19,21). The minimum absolute atomic E-state index is 0.0742. The number of carbonyl (C=O) groups excluding carboxylic acids is 1. The Morgan fingerprint density at radius 2 is 2.09 bits per heavy atom. The monoisotopic (exact) mass is 327 g/mol. The van der Waals surface area contributed by atoms with Crippen LogP contribution in [0.2, 0.25) is 0 Å². The van der Waals surface area contributed by atoms with Crippen molar-refractivity contribution in [3.8, 4) is 0 Å². The molecule has 2 rings (SSSR count). The van der Waals surface area contributed by atoms with Crippen LogP contribution < -0.4 is 5.32 Å². The summed E-state index contributed by atoms with van der Waals surface area (Å²) in [4.78, 5) is 18.9. The van der Waals surface area contributed by atoms with Gasteiger partial charge in [0.2, 0.25) is 5.91 Å². The van der Waals surface area contributed by atoms with Crippen molar-refractivity contribution < 1.29 is 18.0 Å². The van der Waals surface area contributed by atoms with E-state index in [1.165, 1.54) is 0 Å². The number of nitrogens with zero attached hydrogens (tertiary/aromatic N) is 2. The van der Waals surface area contributed by atoms with Crippen LogP contribution in [0.4, 0.5) is 18.9 Å². The van der Waals surface area contributed by atoms with Gasteiger partial charge in [-0.25, -0.2) is 9.97 Å². The molecule has 0 bridgehead atoms. The number of amides is 1. The fourth-order valence-corrected chi connectivity index (χ4v) is 2.25. The molecule has 1 amide bonds. The van der Waals surface area contributed by atoms with Gasteiger partial charge >= 0.3 is 6.18 Å². The van der Waals surface area contributed by atoms with Crippen molar-refractivity contribution in [1.29, 1.82) is 0 Å². The van der Waals surface area contributed by atoms with Crippen LogP contribution in [0.1, 0.15) is 11.3 Å². The third-order valence-corrected chi connectivity index (χ3v) is 3.42. The van der Waals surface area contributed by atoms with Crippen LogP contribution in [0.5, 0.6) is 0 Å². The second-order valence-corrected chi connectivity index (χ2v) is 5.37. The van der Waals surface area contributed by atoms with Crippen LogP contribution in [-0.2, 0) is 11.0 Å². The van der Waals surface area contributed by atoms with Gasteiger partial charge in [0, 0.05) is 11.9 Å². The Kier molecular flexibility index (Phi) is 5.02. The van der Waals surface area contributed by atoms with E-state index in [0.29, 0.717) is 5.69 Å². The number of aromatic nitrogens is 2. The minimum Gasteiger partial charge on any atom is -0.325 e. The van der Waals surface area contributed by atoms with E-state index in [2.05, 4.69) is 15.3 Å². The van der Waals surface area contributed by atoms with E-state index in [9.17, 15) is 18.0 Å². The highest BCUT2D eigenvalue weighted by atomic mass is 32.2. The summed E-state index contributed by atoms with van der Waals surface area (Å²) in [5, 5.41) is 2.57. The highest BCUT2D eigenvalue weighted by Crippen LogP contribution is 2.28. The largest absolute Gasteiger partial charge is 0.433 e. The molecule has 0 spiro atoms. The van der Waals surface area contributed by atoms with E-state index in [0.717, 1.165) is 29.6 Å². The van der Waals surface area contributed by atoms with Gasteiger partial charge in [-0.15, -0.1) is 0 Å². The zero-order chi connectivity index (χ0) is 16.2. The molecule has 0 aliphatic rings. The van der Waals surface area contributed by atoms with E-state index in [-0.39, 0.29) is 16.8 Å². The number of hydrogen-bond acceptors (Lipinski definition) is 4. The molecule has 0 saturated heterocycles. The molecule has 1 heterocycles. The van der Waals surface area contributed by atoms with Gasteiger partial charge in [0.05, 0.1) is 5.75 Å². The lowest BCUT2D eigenvalue weighted by atomic mass is 10.2. The molecule has 116 valence electrons. The summed E-state index contributed by atoms with van der Waals surface area (Å²) in [7, 11) is 0. The molecular formula is C14H12F3N3OS. The van der Waals surface area contributed by atoms with E-state index < -0.39 is 11.9 Å². The van der Waals surface area contributed by atoms with Gasteiger partial charge in [-0.2, -0.15) is 13.2 Å². The van der Waals surface area contributed by atoms with Crippen molar-refractivity contribution in [1.82, 2.24) is 9.97 Å². The molecule has 0 fully saturated rings. The van der Waals surface area contributed by atoms with Crippen LogP contribution in [-0.4, -0.2) is 21.6 Å². The van der Waals surface area contributed by atoms with Gasteiger partial charge in [-0.3, -0.25) is 4.79 Å². The topological polar surface area (TPSA) is 54.9 Å². The van der Waals surface area contributed by atoms with Crippen LogP contribution in [0.15, 0.2) is 41.7 Å². The van der Waals surface area contributed by atoms with E-state index in [1.54, 1.807) is 18.2 Å². The summed E-state index contributed by atoms with van der Waals surface area (Å²) in [6, 6.07) is 8.01. The van der Waals surface area contributed by atoms with Crippen molar-refractivity contribution >= 4 is 23.4 Å². The third-order valence-electron chi connectivity index (χ3n) is 2.56. The number of alkyl halides is 3. The Balaban J connectivity index is 1.94. The lowest BCUT2D eigenvalue weighted by Crippen LogP contribution is -2.15. The molecule has 8 heteroatoms. The maximum atomic E-state index is 12.5. The predicted octanol–water partition coefficient (Wildman–Crippen LogP) is 3.53. The normalized spacial score (nSPS) is 11.3. The van der Waals surface area contributed by atoms with Crippen molar-refractivity contribution in [2.45, 2.75) is 18.3 Å². The highest BCUT2D eigenvalue weighted by Gasteiger charge is 2.32. The Morgan fingerprint density at radius 3 is 2.77 bits per heavy atom. The van der Waals surface area contributed by atoms with Gasteiger partial charge in [-0.1, -0.05) is 23.9 Å². The average molecular weight is 327 g/mol. The maximum absolute atomic E-state index is 12.5. The van der Waals surface area contributed by atoms with Crippen LogP contribution >= 0.6 is 11.8 Å². The smallest absolute Gasteiger partial charge is 0.325 e. The maximum Gasteiger partial charge on any atom is 0.433 e. The summed E-state index contributed by atoms with van der Waals surface area (Å²) in [6.45, 7) is 1.89. The second-order valence-electron chi connectivity index (χ2n) is 4.43. The molecule has 1 aromatic heterocycles. The number of benzene rings is 1. The zero-order valence-corrected chi connectivity index (χ0v) is 12.3.